The van der Waals surface area contributed by atoms with Gasteiger partial charge in [-0.05, 0) is 36.8 Å². The van der Waals surface area contributed by atoms with Gasteiger partial charge in [-0.3, -0.25) is 9.59 Å². The fraction of sp³-hybridized carbons (Fsp3) is 0.200. The van der Waals surface area contributed by atoms with Crippen molar-refractivity contribution in [1.29, 1.82) is 0 Å². The first kappa shape index (κ1) is 19.2. The van der Waals surface area contributed by atoms with Crippen LogP contribution in [0.15, 0.2) is 77.4 Å². The van der Waals surface area contributed by atoms with Crippen LogP contribution >= 0.6 is 0 Å². The summed E-state index contributed by atoms with van der Waals surface area (Å²) in [5.41, 5.74) is 3.70. The van der Waals surface area contributed by atoms with Crippen LogP contribution in [-0.2, 0) is 24.4 Å². The highest BCUT2D eigenvalue weighted by molar-refractivity contribution is 6.02. The quantitative estimate of drug-likeness (QED) is 0.540. The van der Waals surface area contributed by atoms with Gasteiger partial charge in [0.1, 0.15) is 17.5 Å². The molecule has 6 heteroatoms. The van der Waals surface area contributed by atoms with Gasteiger partial charge in [0, 0.05) is 17.4 Å². The second-order valence-corrected chi connectivity index (χ2v) is 7.93. The molecule has 1 atom stereocenters. The molecule has 0 saturated carbocycles. The lowest BCUT2D eigenvalue weighted by atomic mass is 10.1. The summed E-state index contributed by atoms with van der Waals surface area (Å²) in [7, 11) is 0. The van der Waals surface area contributed by atoms with Gasteiger partial charge < -0.3 is 19.2 Å². The zero-order valence-corrected chi connectivity index (χ0v) is 17.2. The van der Waals surface area contributed by atoms with Crippen molar-refractivity contribution in [3.05, 3.63) is 95.6 Å². The van der Waals surface area contributed by atoms with Gasteiger partial charge in [0.05, 0.1) is 19.4 Å². The van der Waals surface area contributed by atoms with Crippen LogP contribution in [0.25, 0.3) is 10.9 Å². The van der Waals surface area contributed by atoms with Crippen molar-refractivity contribution in [2.75, 3.05) is 0 Å². The summed E-state index contributed by atoms with van der Waals surface area (Å²) in [5, 5.41) is 3.93. The van der Waals surface area contributed by atoms with E-state index in [4.69, 9.17) is 4.42 Å². The molecule has 4 aromatic rings. The number of para-hydroxylation sites is 1. The van der Waals surface area contributed by atoms with Crippen molar-refractivity contribution in [1.82, 2.24) is 14.8 Å². The molecular formula is C25H23N3O3. The van der Waals surface area contributed by atoms with E-state index in [2.05, 4.69) is 11.4 Å². The fourth-order valence-electron chi connectivity index (χ4n) is 4.26. The number of hydrogen-bond donors (Lipinski definition) is 1. The molecule has 3 heterocycles. The number of benzene rings is 2. The Morgan fingerprint density at radius 1 is 1.10 bits per heavy atom. The number of hydrogen-bond acceptors (Lipinski definition) is 3. The summed E-state index contributed by atoms with van der Waals surface area (Å²) < 4.78 is 7.29. The molecule has 2 aromatic carbocycles. The van der Waals surface area contributed by atoms with E-state index in [1.807, 2.05) is 66.1 Å². The number of nitrogens with one attached hydrogen (secondary N) is 1. The number of rotatable bonds is 5. The van der Waals surface area contributed by atoms with E-state index >= 15 is 0 Å². The number of aryl methyl sites for hydroxylation is 1. The average molecular weight is 413 g/mol. The number of carbonyl (C=O) groups is 2. The Hall–Kier alpha value is -3.80. The summed E-state index contributed by atoms with van der Waals surface area (Å²) in [6.07, 6.45) is 1.58. The van der Waals surface area contributed by atoms with Crippen LogP contribution in [0.5, 0.6) is 0 Å². The van der Waals surface area contributed by atoms with E-state index in [1.165, 1.54) is 0 Å². The zero-order chi connectivity index (χ0) is 21.4. The standard InChI is InChI=1S/C25H23N3O3/c1-17-6-4-7-18(12-17)15-28-23(24(29)26-14-20-9-5-11-31-20)16-27-21-10-3-2-8-19(21)13-22(27)25(28)30/h2-13,23H,14-16H2,1H3,(H,26,29)/t23-/m0/s1. The molecule has 0 spiro atoms. The summed E-state index contributed by atoms with van der Waals surface area (Å²) in [4.78, 5) is 28.4. The smallest absolute Gasteiger partial charge is 0.271 e. The number of furan rings is 1. The third-order valence-corrected chi connectivity index (χ3v) is 5.78. The monoisotopic (exact) mass is 413 g/mol. The normalized spacial score (nSPS) is 15.8. The lowest BCUT2D eigenvalue weighted by molar-refractivity contribution is -0.127. The van der Waals surface area contributed by atoms with Crippen LogP contribution < -0.4 is 5.32 Å². The van der Waals surface area contributed by atoms with Crippen LogP contribution in [0.3, 0.4) is 0 Å². The summed E-state index contributed by atoms with van der Waals surface area (Å²) in [6.45, 7) is 3.09. The SMILES string of the molecule is Cc1cccc(CN2C(=O)c3cc4ccccc4n3C[C@H]2C(=O)NCc2ccco2)c1. The predicted molar refractivity (Wildman–Crippen MR) is 117 cm³/mol. The van der Waals surface area contributed by atoms with Crippen LogP contribution in [0, 0.1) is 6.92 Å². The van der Waals surface area contributed by atoms with Crippen molar-refractivity contribution >= 4 is 22.7 Å². The Labute approximate surface area is 180 Å². The molecular weight excluding hydrogens is 390 g/mol. The van der Waals surface area contributed by atoms with E-state index in [-0.39, 0.29) is 18.4 Å². The topological polar surface area (TPSA) is 67.5 Å². The van der Waals surface area contributed by atoms with E-state index in [9.17, 15) is 9.59 Å². The molecule has 6 nitrogen and oxygen atoms in total. The second kappa shape index (κ2) is 7.80. The summed E-state index contributed by atoms with van der Waals surface area (Å²) >= 11 is 0. The maximum absolute atomic E-state index is 13.5. The molecule has 31 heavy (non-hydrogen) atoms. The molecule has 0 bridgehead atoms. The number of aromatic nitrogens is 1. The van der Waals surface area contributed by atoms with Gasteiger partial charge in [-0.15, -0.1) is 0 Å². The maximum Gasteiger partial charge on any atom is 0.271 e. The first-order chi connectivity index (χ1) is 15.1. The number of nitrogens with zero attached hydrogens (tertiary/aromatic N) is 2. The van der Waals surface area contributed by atoms with E-state index in [1.54, 1.807) is 17.2 Å². The van der Waals surface area contributed by atoms with Crippen molar-refractivity contribution in [2.24, 2.45) is 0 Å². The lowest BCUT2D eigenvalue weighted by Gasteiger charge is -2.36. The van der Waals surface area contributed by atoms with Gasteiger partial charge in [-0.1, -0.05) is 48.0 Å². The third kappa shape index (κ3) is 3.61. The van der Waals surface area contributed by atoms with Crippen molar-refractivity contribution in [3.63, 3.8) is 0 Å². The van der Waals surface area contributed by atoms with E-state index in [0.717, 1.165) is 22.0 Å². The maximum atomic E-state index is 13.5. The Balaban J connectivity index is 1.50. The lowest BCUT2D eigenvalue weighted by Crippen LogP contribution is -2.54. The minimum atomic E-state index is -0.619. The first-order valence-corrected chi connectivity index (χ1v) is 10.3. The Morgan fingerprint density at radius 2 is 1.97 bits per heavy atom. The molecule has 156 valence electrons. The number of carbonyl (C=O) groups excluding carboxylic acids is 2. The summed E-state index contributed by atoms with van der Waals surface area (Å²) in [6, 6.07) is 20.8. The predicted octanol–water partition coefficient (Wildman–Crippen LogP) is 3.88. The van der Waals surface area contributed by atoms with Crippen molar-refractivity contribution < 1.29 is 14.0 Å². The Bertz CT molecular complexity index is 1260. The highest BCUT2D eigenvalue weighted by Gasteiger charge is 2.37. The average Bonchev–Trinajstić information content (AvgIpc) is 3.42. The third-order valence-electron chi connectivity index (χ3n) is 5.78. The second-order valence-electron chi connectivity index (χ2n) is 7.93. The van der Waals surface area contributed by atoms with Gasteiger partial charge in [0.2, 0.25) is 5.91 Å². The molecule has 1 N–H and O–H groups in total. The molecule has 1 aliphatic rings. The van der Waals surface area contributed by atoms with Gasteiger partial charge in [0.25, 0.3) is 5.91 Å². The van der Waals surface area contributed by atoms with Crippen LogP contribution in [0.1, 0.15) is 27.4 Å². The largest absolute Gasteiger partial charge is 0.467 e. The molecule has 5 rings (SSSR count). The van der Waals surface area contributed by atoms with Crippen LogP contribution in [0.2, 0.25) is 0 Å². The molecule has 0 unspecified atom stereocenters. The van der Waals surface area contributed by atoms with Crippen LogP contribution in [0.4, 0.5) is 0 Å². The van der Waals surface area contributed by atoms with E-state index < -0.39 is 6.04 Å². The Kier molecular flexibility index (Phi) is 4.82. The van der Waals surface area contributed by atoms with Crippen LogP contribution in [-0.4, -0.2) is 27.3 Å². The van der Waals surface area contributed by atoms with Gasteiger partial charge in [0.15, 0.2) is 0 Å². The highest BCUT2D eigenvalue weighted by atomic mass is 16.3. The van der Waals surface area contributed by atoms with Crippen molar-refractivity contribution in [2.45, 2.75) is 32.6 Å². The number of amides is 2. The van der Waals surface area contributed by atoms with E-state index in [0.29, 0.717) is 24.5 Å². The molecule has 0 aliphatic carbocycles. The minimum Gasteiger partial charge on any atom is -0.467 e. The fourth-order valence-corrected chi connectivity index (χ4v) is 4.26. The molecule has 1 aliphatic heterocycles. The molecule has 0 radical (unpaired) electrons. The Morgan fingerprint density at radius 3 is 2.77 bits per heavy atom. The number of fused-ring (bicyclic) bond motifs is 3. The summed E-state index contributed by atoms with van der Waals surface area (Å²) in [5.74, 6) is 0.343. The highest BCUT2D eigenvalue weighted by Crippen LogP contribution is 2.28. The minimum absolute atomic E-state index is 0.137. The van der Waals surface area contributed by atoms with Gasteiger partial charge in [-0.2, -0.15) is 0 Å². The molecule has 2 amide bonds. The van der Waals surface area contributed by atoms with Gasteiger partial charge >= 0.3 is 0 Å². The first-order valence-electron chi connectivity index (χ1n) is 10.3. The van der Waals surface area contributed by atoms with Crippen molar-refractivity contribution in [3.8, 4) is 0 Å². The molecule has 0 fully saturated rings. The zero-order valence-electron chi connectivity index (χ0n) is 17.2. The molecule has 2 aromatic heterocycles. The van der Waals surface area contributed by atoms with Gasteiger partial charge in [-0.25, -0.2) is 0 Å². The molecule has 0 saturated heterocycles.